The summed E-state index contributed by atoms with van der Waals surface area (Å²) in [7, 11) is 0. The van der Waals surface area contributed by atoms with Gasteiger partial charge in [-0.2, -0.15) is 0 Å². The largest absolute Gasteiger partial charge is 0.508 e. The van der Waals surface area contributed by atoms with Crippen LogP contribution in [0.25, 0.3) is 17.1 Å². The highest BCUT2D eigenvalue weighted by Crippen LogP contribution is 2.38. The Bertz CT molecular complexity index is 1160. The number of carbonyl (C=O) groups excluding carboxylic acids is 1. The van der Waals surface area contributed by atoms with Crippen LogP contribution in [0.1, 0.15) is 44.2 Å². The number of piperazine rings is 1. The summed E-state index contributed by atoms with van der Waals surface area (Å²) in [6.45, 7) is 9.71. The van der Waals surface area contributed by atoms with Crippen LogP contribution in [0.15, 0.2) is 36.4 Å². The van der Waals surface area contributed by atoms with Crippen LogP contribution < -0.4 is 0 Å². The lowest BCUT2D eigenvalue weighted by Gasteiger charge is -2.34. The van der Waals surface area contributed by atoms with E-state index < -0.39 is 0 Å². The van der Waals surface area contributed by atoms with Crippen molar-refractivity contribution in [3.8, 4) is 34.6 Å². The zero-order chi connectivity index (χ0) is 24.4. The molecule has 0 aliphatic carbocycles. The molecule has 9 nitrogen and oxygen atoms in total. The van der Waals surface area contributed by atoms with Gasteiger partial charge in [-0.05, 0) is 35.2 Å². The third kappa shape index (κ3) is 4.70. The fraction of sp³-hybridized carbons (Fsp3) is 0.400. The summed E-state index contributed by atoms with van der Waals surface area (Å²) in [6, 6.07) is 10.4. The average Bonchev–Trinajstić information content (AvgIpc) is 3.20. The second kappa shape index (κ2) is 9.72. The molecule has 1 saturated heterocycles. The van der Waals surface area contributed by atoms with Crippen LogP contribution >= 0.6 is 0 Å². The standard InChI is InChI=1S/C25H31N5O4/c1-4-23(33)29-11-9-28(10-12-29)15-17-5-7-18(8-6-17)30-24(26-27-25(30)34)20-13-19(16(2)3)21(31)14-22(20)32/h5-8,13-14,16,31-32H,4,9-12,15H2,1-3H3,(H,27,34). The van der Waals surface area contributed by atoms with E-state index in [1.54, 1.807) is 6.07 Å². The molecule has 1 amide bonds. The third-order valence-corrected chi connectivity index (χ3v) is 6.28. The zero-order valence-electron chi connectivity index (χ0n) is 19.8. The molecule has 2 heterocycles. The second-order valence-electron chi connectivity index (χ2n) is 8.92. The van der Waals surface area contributed by atoms with Gasteiger partial charge >= 0.3 is 6.01 Å². The maximum atomic E-state index is 11.9. The quantitative estimate of drug-likeness (QED) is 0.512. The number of hydrogen-bond donors (Lipinski definition) is 3. The van der Waals surface area contributed by atoms with Gasteiger partial charge in [0.2, 0.25) is 5.91 Å². The van der Waals surface area contributed by atoms with Gasteiger partial charge in [0.1, 0.15) is 11.5 Å². The van der Waals surface area contributed by atoms with Crippen LogP contribution in [0.4, 0.5) is 0 Å². The molecule has 0 bridgehead atoms. The van der Waals surface area contributed by atoms with Gasteiger partial charge < -0.3 is 20.2 Å². The number of amides is 1. The summed E-state index contributed by atoms with van der Waals surface area (Å²) in [6.07, 6.45) is 0.542. The Morgan fingerprint density at radius 1 is 0.971 bits per heavy atom. The van der Waals surface area contributed by atoms with Gasteiger partial charge in [0.25, 0.3) is 0 Å². The van der Waals surface area contributed by atoms with E-state index in [0.717, 1.165) is 38.3 Å². The molecule has 1 fully saturated rings. The highest BCUT2D eigenvalue weighted by atomic mass is 16.3. The summed E-state index contributed by atoms with van der Waals surface area (Å²) in [4.78, 5) is 16.1. The monoisotopic (exact) mass is 465 g/mol. The van der Waals surface area contributed by atoms with E-state index in [1.807, 2.05) is 49.9 Å². The van der Waals surface area contributed by atoms with Crippen molar-refractivity contribution in [3.63, 3.8) is 0 Å². The van der Waals surface area contributed by atoms with Crippen molar-refractivity contribution in [2.45, 2.75) is 39.7 Å². The summed E-state index contributed by atoms with van der Waals surface area (Å²) in [5, 5.41) is 38.9. The molecular weight excluding hydrogens is 434 g/mol. The van der Waals surface area contributed by atoms with Gasteiger partial charge in [-0.3, -0.25) is 9.69 Å². The molecule has 9 heteroatoms. The predicted molar refractivity (Wildman–Crippen MR) is 128 cm³/mol. The van der Waals surface area contributed by atoms with Crippen molar-refractivity contribution in [3.05, 3.63) is 47.5 Å². The molecule has 0 unspecified atom stereocenters. The molecule has 2 aromatic carbocycles. The first-order valence-corrected chi connectivity index (χ1v) is 11.6. The minimum absolute atomic E-state index is 0.00999. The molecular formula is C25H31N5O4. The molecule has 1 aromatic heterocycles. The molecule has 3 N–H and O–H groups in total. The number of phenols is 2. The number of rotatable bonds is 6. The molecule has 1 aliphatic rings. The van der Waals surface area contributed by atoms with Gasteiger partial charge in [0, 0.05) is 45.2 Å². The van der Waals surface area contributed by atoms with Crippen molar-refractivity contribution in [1.82, 2.24) is 24.6 Å². The summed E-state index contributed by atoms with van der Waals surface area (Å²) in [5.74, 6) is 0.379. The number of aromatic nitrogens is 3. The van der Waals surface area contributed by atoms with Gasteiger partial charge in [-0.25, -0.2) is 4.57 Å². The Hall–Kier alpha value is -3.59. The minimum atomic E-state index is -0.293. The molecule has 1 aliphatic heterocycles. The highest BCUT2D eigenvalue weighted by molar-refractivity contribution is 5.75. The molecule has 180 valence electrons. The Kier molecular flexibility index (Phi) is 6.74. The van der Waals surface area contributed by atoms with Crippen molar-refractivity contribution in [1.29, 1.82) is 0 Å². The first kappa shape index (κ1) is 23.6. The molecule has 4 rings (SSSR count). The lowest BCUT2D eigenvalue weighted by Crippen LogP contribution is -2.48. The first-order valence-electron chi connectivity index (χ1n) is 11.6. The number of benzene rings is 2. The fourth-order valence-electron chi connectivity index (χ4n) is 4.31. The van der Waals surface area contributed by atoms with E-state index in [-0.39, 0.29) is 35.2 Å². The van der Waals surface area contributed by atoms with Crippen LogP contribution in [0.5, 0.6) is 17.5 Å². The minimum Gasteiger partial charge on any atom is -0.508 e. The van der Waals surface area contributed by atoms with Crippen LogP contribution in [-0.2, 0) is 11.3 Å². The Morgan fingerprint density at radius 2 is 1.65 bits per heavy atom. The van der Waals surface area contributed by atoms with Gasteiger partial charge in [-0.15, -0.1) is 5.10 Å². The third-order valence-electron chi connectivity index (χ3n) is 6.28. The Balaban J connectivity index is 1.54. The van der Waals surface area contributed by atoms with Gasteiger partial charge in [0.15, 0.2) is 5.82 Å². The lowest BCUT2D eigenvalue weighted by molar-refractivity contribution is -0.132. The maximum Gasteiger partial charge on any atom is 0.319 e. The van der Waals surface area contributed by atoms with Gasteiger partial charge in [0.05, 0.1) is 11.3 Å². The molecule has 0 saturated carbocycles. The van der Waals surface area contributed by atoms with E-state index in [0.29, 0.717) is 23.2 Å². The van der Waals surface area contributed by atoms with Crippen molar-refractivity contribution >= 4 is 5.91 Å². The molecule has 3 aromatic rings. The Morgan fingerprint density at radius 3 is 2.26 bits per heavy atom. The molecule has 0 spiro atoms. The van der Waals surface area contributed by atoms with Crippen LogP contribution in [0.3, 0.4) is 0 Å². The second-order valence-corrected chi connectivity index (χ2v) is 8.92. The lowest BCUT2D eigenvalue weighted by atomic mass is 9.98. The normalized spacial score (nSPS) is 14.6. The smallest absolute Gasteiger partial charge is 0.319 e. The topological polar surface area (TPSA) is 115 Å². The molecule has 0 atom stereocenters. The summed E-state index contributed by atoms with van der Waals surface area (Å²) >= 11 is 0. The summed E-state index contributed by atoms with van der Waals surface area (Å²) in [5.41, 5.74) is 2.80. The van der Waals surface area contributed by atoms with Crippen LogP contribution in [-0.4, -0.2) is 72.0 Å². The van der Waals surface area contributed by atoms with Crippen molar-refractivity contribution in [2.24, 2.45) is 0 Å². The van der Waals surface area contributed by atoms with E-state index in [1.165, 1.54) is 10.6 Å². The molecule has 34 heavy (non-hydrogen) atoms. The van der Waals surface area contributed by atoms with Crippen molar-refractivity contribution in [2.75, 3.05) is 26.2 Å². The maximum absolute atomic E-state index is 11.9. The van der Waals surface area contributed by atoms with Crippen molar-refractivity contribution < 1.29 is 20.1 Å². The molecule has 0 radical (unpaired) electrons. The van der Waals surface area contributed by atoms with E-state index in [4.69, 9.17) is 0 Å². The van der Waals surface area contributed by atoms with Crippen LogP contribution in [0, 0.1) is 0 Å². The predicted octanol–water partition coefficient (Wildman–Crippen LogP) is 3.23. The average molecular weight is 466 g/mol. The van der Waals surface area contributed by atoms with E-state index in [2.05, 4.69) is 15.1 Å². The summed E-state index contributed by atoms with van der Waals surface area (Å²) < 4.78 is 1.47. The Labute approximate surface area is 198 Å². The number of carbonyl (C=O) groups is 1. The van der Waals surface area contributed by atoms with E-state index in [9.17, 15) is 20.1 Å². The zero-order valence-corrected chi connectivity index (χ0v) is 19.8. The fourth-order valence-corrected chi connectivity index (χ4v) is 4.31. The van der Waals surface area contributed by atoms with Crippen LogP contribution in [0.2, 0.25) is 0 Å². The first-order chi connectivity index (χ1) is 16.3. The number of hydrogen-bond acceptors (Lipinski definition) is 7. The number of phenolic OH excluding ortho intramolecular Hbond substituents is 2. The van der Waals surface area contributed by atoms with Gasteiger partial charge in [-0.1, -0.05) is 38.0 Å². The highest BCUT2D eigenvalue weighted by Gasteiger charge is 2.22. The SMILES string of the molecule is CCC(=O)N1CCN(Cc2ccc(-n3c(O)nnc3-c3cc(C(C)C)c(O)cc3O)cc2)CC1. The number of aromatic hydroxyl groups is 3. The van der Waals surface area contributed by atoms with E-state index >= 15 is 0 Å². The number of nitrogens with zero attached hydrogens (tertiary/aromatic N) is 5.